The third-order valence-electron chi connectivity index (χ3n) is 5.26. The first-order valence-electron chi connectivity index (χ1n) is 10.5. The molecule has 31 heavy (non-hydrogen) atoms. The number of amides is 1. The minimum atomic E-state index is -0.402. The molecule has 0 unspecified atom stereocenters. The summed E-state index contributed by atoms with van der Waals surface area (Å²) in [7, 11) is 0. The minimum absolute atomic E-state index is 0.0459. The van der Waals surface area contributed by atoms with Crippen molar-refractivity contribution in [1.82, 2.24) is 15.3 Å². The van der Waals surface area contributed by atoms with Crippen LogP contribution in [0.1, 0.15) is 52.5 Å². The Labute approximate surface area is 181 Å². The summed E-state index contributed by atoms with van der Waals surface area (Å²) in [5, 5.41) is 3.02. The number of nitrogens with zero attached hydrogens (tertiary/aromatic N) is 1. The van der Waals surface area contributed by atoms with Gasteiger partial charge in [0.1, 0.15) is 0 Å². The zero-order valence-corrected chi connectivity index (χ0v) is 17.7. The van der Waals surface area contributed by atoms with E-state index in [0.717, 1.165) is 35.1 Å². The lowest BCUT2D eigenvalue weighted by Gasteiger charge is -2.09. The maximum atomic E-state index is 12.4. The summed E-state index contributed by atoms with van der Waals surface area (Å²) in [6.45, 7) is 3.93. The Balaban J connectivity index is 1.73. The highest BCUT2D eigenvalue weighted by Gasteiger charge is 2.23. The fraction of sp³-hybridized carbons (Fsp3) is 0.192. The van der Waals surface area contributed by atoms with E-state index in [0.29, 0.717) is 23.0 Å². The Morgan fingerprint density at radius 2 is 1.87 bits per heavy atom. The lowest BCUT2D eigenvalue weighted by Crippen LogP contribution is -2.25. The van der Waals surface area contributed by atoms with Gasteiger partial charge in [0, 0.05) is 22.7 Å². The average Bonchev–Trinajstić information content (AvgIpc) is 3.59. The summed E-state index contributed by atoms with van der Waals surface area (Å²) >= 11 is 0. The highest BCUT2D eigenvalue weighted by molar-refractivity contribution is 5.95. The Bertz CT molecular complexity index is 1220. The number of hydrogen-bond acceptors (Lipinski definition) is 3. The Morgan fingerprint density at radius 1 is 1.10 bits per heavy atom. The third-order valence-corrected chi connectivity index (χ3v) is 5.26. The first-order chi connectivity index (χ1) is 15.0. The van der Waals surface area contributed by atoms with Crippen LogP contribution in [0.3, 0.4) is 0 Å². The summed E-state index contributed by atoms with van der Waals surface area (Å²) < 4.78 is 0. The second-order valence-corrected chi connectivity index (χ2v) is 7.74. The topological polar surface area (TPSA) is 74.8 Å². The van der Waals surface area contributed by atoms with Crippen LogP contribution in [0.25, 0.3) is 29.5 Å². The highest BCUT2D eigenvalue weighted by atomic mass is 16.2. The molecule has 156 valence electrons. The molecule has 1 aliphatic rings. The van der Waals surface area contributed by atoms with E-state index < -0.39 is 5.69 Å². The van der Waals surface area contributed by atoms with E-state index in [9.17, 15) is 9.59 Å². The predicted molar refractivity (Wildman–Crippen MR) is 126 cm³/mol. The molecule has 1 fully saturated rings. The molecule has 4 rings (SSSR count). The molecule has 5 nitrogen and oxygen atoms in total. The standard InChI is InChI=1S/C26H25N3O2/c1-3-7-22-23(28-26(31)29-24(22)18-8-5-4-6-9-18)15-12-19-16-20(11-10-17(19)2)25(30)27-21-13-14-21/h3-12,15-16,21H,13-14H2,1-2H3,(H,27,30)(H,28,29,31)/b7-3-,15-12+. The number of carbonyl (C=O) groups is 1. The summed E-state index contributed by atoms with van der Waals surface area (Å²) in [6.07, 6.45) is 9.77. The van der Waals surface area contributed by atoms with Gasteiger partial charge in [0.2, 0.25) is 0 Å². The van der Waals surface area contributed by atoms with Gasteiger partial charge in [-0.15, -0.1) is 0 Å². The summed E-state index contributed by atoms with van der Waals surface area (Å²) in [5.74, 6) is -0.0459. The number of nitrogens with one attached hydrogen (secondary N) is 2. The van der Waals surface area contributed by atoms with Crippen molar-refractivity contribution in [1.29, 1.82) is 0 Å². The van der Waals surface area contributed by atoms with Gasteiger partial charge in [-0.2, -0.15) is 4.98 Å². The molecule has 1 aromatic heterocycles. The van der Waals surface area contributed by atoms with E-state index in [1.807, 2.05) is 86.7 Å². The van der Waals surface area contributed by atoms with Gasteiger partial charge < -0.3 is 10.3 Å². The van der Waals surface area contributed by atoms with Crippen LogP contribution < -0.4 is 11.0 Å². The van der Waals surface area contributed by atoms with Crippen molar-refractivity contribution in [2.24, 2.45) is 0 Å². The molecule has 5 heteroatoms. The Hall–Kier alpha value is -3.73. The Morgan fingerprint density at radius 3 is 2.58 bits per heavy atom. The largest absolute Gasteiger partial charge is 0.349 e. The Kier molecular flexibility index (Phi) is 5.94. The van der Waals surface area contributed by atoms with Crippen LogP contribution in [0.2, 0.25) is 0 Å². The zero-order chi connectivity index (χ0) is 21.8. The number of aryl methyl sites for hydroxylation is 1. The lowest BCUT2D eigenvalue weighted by molar-refractivity contribution is 0.0951. The summed E-state index contributed by atoms with van der Waals surface area (Å²) in [5.41, 5.74) is 5.23. The van der Waals surface area contributed by atoms with Gasteiger partial charge in [-0.05, 0) is 56.0 Å². The van der Waals surface area contributed by atoms with E-state index in [1.54, 1.807) is 0 Å². The van der Waals surface area contributed by atoms with Gasteiger partial charge in [0.25, 0.3) is 5.91 Å². The molecular weight excluding hydrogens is 386 g/mol. The van der Waals surface area contributed by atoms with Gasteiger partial charge >= 0.3 is 5.69 Å². The SMILES string of the molecule is C/C=C\c1c(-c2ccccc2)nc(=O)[nH]c1/C=C/c1cc(C(=O)NC2CC2)ccc1C. The first kappa shape index (κ1) is 20.5. The van der Waals surface area contributed by atoms with Gasteiger partial charge in [-0.25, -0.2) is 4.79 Å². The van der Waals surface area contributed by atoms with Gasteiger partial charge in [-0.3, -0.25) is 4.79 Å². The quantitative estimate of drug-likeness (QED) is 0.609. The minimum Gasteiger partial charge on any atom is -0.349 e. The second-order valence-electron chi connectivity index (χ2n) is 7.74. The zero-order valence-electron chi connectivity index (χ0n) is 17.7. The molecule has 3 aromatic rings. The molecule has 0 spiro atoms. The van der Waals surface area contributed by atoms with Crippen molar-refractivity contribution >= 4 is 24.1 Å². The molecule has 1 amide bonds. The number of aromatic amines is 1. The molecule has 0 bridgehead atoms. The maximum absolute atomic E-state index is 12.4. The number of H-pyrrole nitrogens is 1. The first-order valence-corrected chi connectivity index (χ1v) is 10.5. The van der Waals surface area contributed by atoms with Crippen LogP contribution in [0.15, 0.2) is 59.4 Å². The molecule has 0 aliphatic heterocycles. The molecule has 2 aromatic carbocycles. The molecule has 0 atom stereocenters. The summed E-state index contributed by atoms with van der Waals surface area (Å²) in [6, 6.07) is 15.6. The summed E-state index contributed by atoms with van der Waals surface area (Å²) in [4.78, 5) is 31.8. The number of aromatic nitrogens is 2. The van der Waals surface area contributed by atoms with Crippen molar-refractivity contribution in [3.05, 3.63) is 93.0 Å². The van der Waals surface area contributed by atoms with Crippen LogP contribution in [-0.4, -0.2) is 21.9 Å². The molecule has 1 aliphatic carbocycles. The van der Waals surface area contributed by atoms with E-state index in [2.05, 4.69) is 15.3 Å². The number of hydrogen-bond donors (Lipinski definition) is 2. The van der Waals surface area contributed by atoms with Gasteiger partial charge in [0.15, 0.2) is 0 Å². The van der Waals surface area contributed by atoms with E-state index in [4.69, 9.17) is 0 Å². The van der Waals surface area contributed by atoms with Crippen molar-refractivity contribution in [2.45, 2.75) is 32.7 Å². The molecule has 2 N–H and O–H groups in total. The van der Waals surface area contributed by atoms with Crippen LogP contribution in [0.5, 0.6) is 0 Å². The van der Waals surface area contributed by atoms with Crippen LogP contribution in [0, 0.1) is 6.92 Å². The lowest BCUT2D eigenvalue weighted by atomic mass is 10.0. The van der Waals surface area contributed by atoms with E-state index >= 15 is 0 Å². The molecule has 1 saturated carbocycles. The number of benzene rings is 2. The highest BCUT2D eigenvalue weighted by Crippen LogP contribution is 2.25. The van der Waals surface area contributed by atoms with E-state index in [1.165, 1.54) is 0 Å². The normalized spacial score (nSPS) is 13.7. The van der Waals surface area contributed by atoms with Gasteiger partial charge in [-0.1, -0.05) is 54.6 Å². The van der Waals surface area contributed by atoms with Crippen LogP contribution >= 0.6 is 0 Å². The molecule has 0 saturated heterocycles. The third kappa shape index (κ3) is 4.89. The van der Waals surface area contributed by atoms with Crippen molar-refractivity contribution in [2.75, 3.05) is 0 Å². The fourth-order valence-corrected chi connectivity index (χ4v) is 3.41. The molecule has 0 radical (unpaired) electrons. The molecule has 1 heterocycles. The van der Waals surface area contributed by atoms with Crippen LogP contribution in [0.4, 0.5) is 0 Å². The maximum Gasteiger partial charge on any atom is 0.345 e. The second kappa shape index (κ2) is 8.96. The monoisotopic (exact) mass is 411 g/mol. The van der Waals surface area contributed by atoms with Crippen molar-refractivity contribution in [3.8, 4) is 11.3 Å². The van der Waals surface area contributed by atoms with Crippen LogP contribution in [-0.2, 0) is 0 Å². The van der Waals surface area contributed by atoms with Crippen molar-refractivity contribution in [3.63, 3.8) is 0 Å². The fourth-order valence-electron chi connectivity index (χ4n) is 3.41. The number of rotatable bonds is 6. The molecular formula is C26H25N3O2. The van der Waals surface area contributed by atoms with Crippen molar-refractivity contribution < 1.29 is 4.79 Å². The number of allylic oxidation sites excluding steroid dienone is 1. The number of carbonyl (C=O) groups excluding carboxylic acids is 1. The smallest absolute Gasteiger partial charge is 0.345 e. The predicted octanol–water partition coefficient (Wildman–Crippen LogP) is 4.84. The average molecular weight is 412 g/mol. The van der Waals surface area contributed by atoms with Gasteiger partial charge in [0.05, 0.1) is 11.4 Å². The van der Waals surface area contributed by atoms with E-state index in [-0.39, 0.29) is 5.91 Å².